The molecule has 0 fully saturated rings. The minimum Gasteiger partial charge on any atom is -0.302 e. The van der Waals surface area contributed by atoms with Crippen molar-refractivity contribution in [3.8, 4) is 5.69 Å². The van der Waals surface area contributed by atoms with Gasteiger partial charge in [0.1, 0.15) is 0 Å². The molecule has 138 valence electrons. The molecule has 0 aliphatic heterocycles. The minimum atomic E-state index is 0.364. The highest BCUT2D eigenvalue weighted by Crippen LogP contribution is 2.39. The molecule has 1 aliphatic carbocycles. The summed E-state index contributed by atoms with van der Waals surface area (Å²) in [6, 6.07) is 28.6. The highest BCUT2D eigenvalue weighted by molar-refractivity contribution is 6.09. The zero-order valence-electron chi connectivity index (χ0n) is 16.6. The third-order valence-electron chi connectivity index (χ3n) is 6.54. The number of hydrogen-bond acceptors (Lipinski definition) is 0. The zero-order valence-corrected chi connectivity index (χ0v) is 16.6. The quantitative estimate of drug-likeness (QED) is 0.338. The van der Waals surface area contributed by atoms with E-state index in [-0.39, 0.29) is 0 Å². The molecule has 0 unspecified atom stereocenters. The number of aromatic nitrogens is 1. The standard InChI is InChI=1S/C27H25N/c1-3-27(2)18-16-21(17-19-27)20-12-14-22(15-13-20)28-25-10-6-4-8-23(25)24-9-5-7-11-26(24)28/h4-12,14,16,18,21H,3,17,19H2,1-2H3/t21-,27-/m1/s1. The normalized spacial score (nSPS) is 21.9. The molecule has 0 spiro atoms. The van der Waals surface area contributed by atoms with Crippen LogP contribution in [0.5, 0.6) is 0 Å². The largest absolute Gasteiger partial charge is 0.302 e. The summed E-state index contributed by atoms with van der Waals surface area (Å²) in [5.74, 6) is 0.461. The summed E-state index contributed by atoms with van der Waals surface area (Å²) in [6.07, 6.45) is 8.44. The molecule has 1 heterocycles. The first-order chi connectivity index (χ1) is 13.7. The van der Waals surface area contributed by atoms with Crippen LogP contribution < -0.4 is 0 Å². The van der Waals surface area contributed by atoms with Crippen LogP contribution in [0.3, 0.4) is 0 Å². The molecule has 0 radical (unpaired) electrons. The summed E-state index contributed by atoms with van der Waals surface area (Å²) in [4.78, 5) is 0. The summed E-state index contributed by atoms with van der Waals surface area (Å²) in [5, 5.41) is 2.56. The summed E-state index contributed by atoms with van der Waals surface area (Å²) < 4.78 is 2.30. The van der Waals surface area contributed by atoms with Crippen molar-refractivity contribution >= 4 is 21.8 Å². The molecule has 1 heteroatoms. The smallest absolute Gasteiger partial charge is 0.0974 e. The van der Waals surface area contributed by atoms with Gasteiger partial charge in [0.05, 0.1) is 16.7 Å². The molecule has 4 aromatic rings. The number of rotatable bonds is 3. The number of para-hydroxylation sites is 2. The lowest BCUT2D eigenvalue weighted by Crippen LogP contribution is -2.17. The molecular weight excluding hydrogens is 338 g/mol. The van der Waals surface area contributed by atoms with E-state index >= 15 is 0 Å². The Balaban J connectivity index is 1.56. The SMILES string of the molecule is CC[C@]1(C)C=C[C@@H](c2c#cc(-n3c4ccccc4c4ccccc43)cc2)CC1. The fourth-order valence-electron chi connectivity index (χ4n) is 4.48. The third-order valence-corrected chi connectivity index (χ3v) is 6.54. The van der Waals surface area contributed by atoms with Crippen molar-refractivity contribution in [2.45, 2.75) is 39.0 Å². The maximum Gasteiger partial charge on any atom is 0.0974 e. The minimum absolute atomic E-state index is 0.364. The predicted molar refractivity (Wildman–Crippen MR) is 118 cm³/mol. The Kier molecular flexibility index (Phi) is 4.02. The average molecular weight is 364 g/mol. The Morgan fingerprint density at radius 1 is 0.929 bits per heavy atom. The van der Waals surface area contributed by atoms with Crippen LogP contribution in [0.15, 0.2) is 72.8 Å². The monoisotopic (exact) mass is 363 g/mol. The lowest BCUT2D eigenvalue weighted by atomic mass is 9.74. The lowest BCUT2D eigenvalue weighted by molar-refractivity contribution is 0.340. The van der Waals surface area contributed by atoms with Gasteiger partial charge in [-0.15, -0.1) is 0 Å². The van der Waals surface area contributed by atoms with Gasteiger partial charge in [-0.05, 0) is 55.0 Å². The molecule has 28 heavy (non-hydrogen) atoms. The van der Waals surface area contributed by atoms with E-state index < -0.39 is 0 Å². The lowest BCUT2D eigenvalue weighted by Gasteiger charge is -2.31. The summed E-state index contributed by atoms with van der Waals surface area (Å²) in [6.45, 7) is 4.64. The Labute approximate surface area is 167 Å². The average Bonchev–Trinajstić information content (AvgIpc) is 3.09. The van der Waals surface area contributed by atoms with E-state index in [0.717, 1.165) is 5.69 Å². The van der Waals surface area contributed by atoms with Crippen molar-refractivity contribution in [3.63, 3.8) is 0 Å². The van der Waals surface area contributed by atoms with Crippen molar-refractivity contribution < 1.29 is 0 Å². The van der Waals surface area contributed by atoms with Crippen molar-refractivity contribution in [2.75, 3.05) is 0 Å². The van der Waals surface area contributed by atoms with E-state index in [1.807, 2.05) is 0 Å². The van der Waals surface area contributed by atoms with Gasteiger partial charge in [-0.25, -0.2) is 0 Å². The first kappa shape index (κ1) is 17.1. The van der Waals surface area contributed by atoms with Gasteiger partial charge in [0.2, 0.25) is 0 Å². The van der Waals surface area contributed by atoms with Crippen LogP contribution in [0.1, 0.15) is 44.6 Å². The molecule has 1 aromatic heterocycles. The number of fused-ring (bicyclic) bond motifs is 3. The van der Waals surface area contributed by atoms with E-state index in [2.05, 4.69) is 103 Å². The highest BCUT2D eigenvalue weighted by Gasteiger charge is 2.25. The molecule has 0 amide bonds. The van der Waals surface area contributed by atoms with Crippen LogP contribution in [-0.2, 0) is 0 Å². The summed E-state index contributed by atoms with van der Waals surface area (Å²) in [5.41, 5.74) is 5.11. The van der Waals surface area contributed by atoms with Crippen molar-refractivity contribution in [2.24, 2.45) is 5.41 Å². The molecule has 2 atom stereocenters. The zero-order chi connectivity index (χ0) is 19.1. The maximum atomic E-state index is 3.47. The maximum absolute atomic E-state index is 3.47. The van der Waals surface area contributed by atoms with Gasteiger partial charge in [-0.1, -0.05) is 68.5 Å². The van der Waals surface area contributed by atoms with Crippen molar-refractivity contribution in [1.29, 1.82) is 0 Å². The molecule has 0 N–H and O–H groups in total. The van der Waals surface area contributed by atoms with Crippen LogP contribution in [0.4, 0.5) is 0 Å². The van der Waals surface area contributed by atoms with Crippen molar-refractivity contribution in [1.82, 2.24) is 4.57 Å². The van der Waals surface area contributed by atoms with Gasteiger partial charge >= 0.3 is 0 Å². The molecule has 1 nitrogen and oxygen atoms in total. The van der Waals surface area contributed by atoms with Crippen LogP contribution in [-0.4, -0.2) is 4.57 Å². The fourth-order valence-corrected chi connectivity index (χ4v) is 4.48. The molecule has 3 aromatic carbocycles. The second kappa shape index (κ2) is 6.57. The second-order valence-corrected chi connectivity index (χ2v) is 8.31. The molecule has 1 aliphatic rings. The molecule has 0 saturated carbocycles. The van der Waals surface area contributed by atoms with Gasteiger partial charge in [0.15, 0.2) is 0 Å². The summed E-state index contributed by atoms with van der Waals surface area (Å²) >= 11 is 0. The van der Waals surface area contributed by atoms with Crippen LogP contribution in [0, 0.1) is 17.5 Å². The second-order valence-electron chi connectivity index (χ2n) is 8.31. The van der Waals surface area contributed by atoms with Gasteiger partial charge in [0.25, 0.3) is 0 Å². The predicted octanol–water partition coefficient (Wildman–Crippen LogP) is 7.23. The fraction of sp³-hybridized carbons (Fsp3) is 0.259. The van der Waals surface area contributed by atoms with Gasteiger partial charge in [-0.2, -0.15) is 0 Å². The van der Waals surface area contributed by atoms with Gasteiger partial charge < -0.3 is 4.57 Å². The molecule has 0 saturated heterocycles. The first-order valence-electron chi connectivity index (χ1n) is 10.3. The molecule has 5 rings (SSSR count). The Bertz CT molecular complexity index is 1110. The number of nitrogens with zero attached hydrogens (tertiary/aromatic N) is 1. The van der Waals surface area contributed by atoms with E-state index in [0.29, 0.717) is 11.3 Å². The number of allylic oxidation sites excluding steroid dienone is 2. The van der Waals surface area contributed by atoms with Crippen molar-refractivity contribution in [3.05, 3.63) is 90.5 Å². The molecular formula is C27H25N. The van der Waals surface area contributed by atoms with Crippen LogP contribution >= 0.6 is 0 Å². The third kappa shape index (κ3) is 2.72. The van der Waals surface area contributed by atoms with Crippen LogP contribution in [0.2, 0.25) is 0 Å². The van der Waals surface area contributed by atoms with Crippen LogP contribution in [0.25, 0.3) is 27.5 Å². The number of hydrogen-bond donors (Lipinski definition) is 0. The number of benzene rings is 2. The topological polar surface area (TPSA) is 4.93 Å². The van der Waals surface area contributed by atoms with E-state index in [4.69, 9.17) is 0 Å². The summed E-state index contributed by atoms with van der Waals surface area (Å²) in [7, 11) is 0. The van der Waals surface area contributed by atoms with E-state index in [1.165, 1.54) is 46.6 Å². The Hall–Kier alpha value is -2.98. The van der Waals surface area contributed by atoms with E-state index in [1.54, 1.807) is 0 Å². The molecule has 0 bridgehead atoms. The first-order valence-corrected chi connectivity index (χ1v) is 10.3. The Morgan fingerprint density at radius 2 is 1.61 bits per heavy atom. The van der Waals surface area contributed by atoms with Gasteiger partial charge in [-0.3, -0.25) is 0 Å². The highest BCUT2D eigenvalue weighted by atomic mass is 15.0. The Morgan fingerprint density at radius 3 is 2.14 bits per heavy atom. The van der Waals surface area contributed by atoms with Gasteiger partial charge in [0, 0.05) is 22.3 Å². The van der Waals surface area contributed by atoms with E-state index in [9.17, 15) is 0 Å².